The van der Waals surface area contributed by atoms with Crippen LogP contribution in [0.3, 0.4) is 0 Å². The molecule has 7 nitrogen and oxygen atoms in total. The number of carbonyl (C=O) groups is 1. The molecule has 3 N–H and O–H groups in total. The summed E-state index contributed by atoms with van der Waals surface area (Å²) < 4.78 is 7.67. The number of nitrogens with zero attached hydrogens (tertiary/aromatic N) is 2. The number of amides is 2. The molecule has 0 fully saturated rings. The third-order valence-corrected chi connectivity index (χ3v) is 9.44. The lowest BCUT2D eigenvalue weighted by Gasteiger charge is -2.25. The van der Waals surface area contributed by atoms with Gasteiger partial charge >= 0.3 is 6.03 Å². The molecule has 1 atom stereocenters. The van der Waals surface area contributed by atoms with Crippen LogP contribution in [0.15, 0.2) is 24.5 Å². The van der Waals surface area contributed by atoms with Crippen LogP contribution in [0.5, 0.6) is 0 Å². The number of hydrogen-bond donors (Lipinski definition) is 3. The van der Waals surface area contributed by atoms with E-state index in [1.165, 1.54) is 25.9 Å². The van der Waals surface area contributed by atoms with Crippen molar-refractivity contribution in [2.75, 3.05) is 25.0 Å². The molecule has 2 aliphatic rings. The molecule has 0 bridgehead atoms. The summed E-state index contributed by atoms with van der Waals surface area (Å²) in [5, 5.41) is 18.7. The summed E-state index contributed by atoms with van der Waals surface area (Å²) in [7, 11) is 0. The lowest BCUT2D eigenvalue weighted by molar-refractivity contribution is -0.0978. The van der Waals surface area contributed by atoms with Gasteiger partial charge in [-0.25, -0.2) is 4.79 Å². The Morgan fingerprint density at radius 2 is 1.91 bits per heavy atom. The van der Waals surface area contributed by atoms with Crippen molar-refractivity contribution in [1.29, 1.82) is 0 Å². The van der Waals surface area contributed by atoms with Crippen LogP contribution < -0.4 is 10.6 Å². The van der Waals surface area contributed by atoms with Crippen LogP contribution in [0, 0.1) is 0 Å². The summed E-state index contributed by atoms with van der Waals surface area (Å²) >= 11 is 3.40. The van der Waals surface area contributed by atoms with E-state index < -0.39 is 6.29 Å². The molecule has 5 rings (SSSR count). The summed E-state index contributed by atoms with van der Waals surface area (Å²) in [5.74, 6) is 0. The number of ether oxygens (including phenoxy) is 1. The highest BCUT2D eigenvalue weighted by molar-refractivity contribution is 7.16. The van der Waals surface area contributed by atoms with E-state index in [4.69, 9.17) is 4.74 Å². The SMILES string of the molecule is CCOC(O)c1c(NC(=O)NCc2c(-n3cccc3)sc3c2CCN(CC)C3)sc2c1CCCC2. The summed E-state index contributed by atoms with van der Waals surface area (Å²) in [6.45, 7) is 8.01. The van der Waals surface area contributed by atoms with E-state index in [1.807, 2.05) is 30.4 Å². The third-order valence-electron chi connectivity index (χ3n) is 6.95. The van der Waals surface area contributed by atoms with Crippen LogP contribution in [0.4, 0.5) is 9.80 Å². The van der Waals surface area contributed by atoms with Crippen LogP contribution in [-0.2, 0) is 37.1 Å². The molecule has 3 aromatic heterocycles. The predicted molar refractivity (Wildman–Crippen MR) is 142 cm³/mol. The van der Waals surface area contributed by atoms with Crippen molar-refractivity contribution in [3.63, 3.8) is 0 Å². The molecule has 0 spiro atoms. The van der Waals surface area contributed by atoms with Crippen molar-refractivity contribution in [1.82, 2.24) is 14.8 Å². The molecule has 1 aliphatic heterocycles. The van der Waals surface area contributed by atoms with Crippen molar-refractivity contribution in [2.45, 2.75) is 65.3 Å². The third kappa shape index (κ3) is 5.06. The number of thiophene rings is 2. The molecular formula is C26H34N4O3S2. The molecule has 3 aromatic rings. The van der Waals surface area contributed by atoms with Gasteiger partial charge in [0.1, 0.15) is 10.0 Å². The number of aromatic nitrogens is 1. The minimum atomic E-state index is -1.01. The Hall–Kier alpha value is -2.17. The number of nitrogens with one attached hydrogen (secondary N) is 2. The van der Waals surface area contributed by atoms with Gasteiger partial charge in [-0.15, -0.1) is 22.7 Å². The van der Waals surface area contributed by atoms with Crippen LogP contribution in [0.25, 0.3) is 5.00 Å². The second-order valence-corrected chi connectivity index (χ2v) is 11.3. The molecule has 35 heavy (non-hydrogen) atoms. The highest BCUT2D eigenvalue weighted by Crippen LogP contribution is 2.42. The summed E-state index contributed by atoms with van der Waals surface area (Å²) in [4.78, 5) is 18.2. The van der Waals surface area contributed by atoms with E-state index >= 15 is 0 Å². The van der Waals surface area contributed by atoms with Gasteiger partial charge < -0.3 is 19.7 Å². The maximum absolute atomic E-state index is 13.1. The number of aryl methyl sites for hydroxylation is 1. The number of urea groups is 1. The van der Waals surface area contributed by atoms with E-state index in [1.54, 1.807) is 11.3 Å². The first-order valence-electron chi connectivity index (χ1n) is 12.6. The van der Waals surface area contributed by atoms with Crippen molar-refractivity contribution in [2.24, 2.45) is 0 Å². The van der Waals surface area contributed by atoms with Crippen LogP contribution >= 0.6 is 22.7 Å². The Morgan fingerprint density at radius 3 is 2.69 bits per heavy atom. The fraction of sp³-hybridized carbons (Fsp3) is 0.500. The first-order chi connectivity index (χ1) is 17.1. The molecular weight excluding hydrogens is 480 g/mol. The second-order valence-electron chi connectivity index (χ2n) is 9.07. The molecule has 0 saturated carbocycles. The fourth-order valence-corrected chi connectivity index (χ4v) is 7.82. The van der Waals surface area contributed by atoms with Gasteiger partial charge in [-0.2, -0.15) is 0 Å². The first kappa shape index (κ1) is 24.5. The number of aliphatic hydroxyl groups excluding tert-OH is 1. The Balaban J connectivity index is 1.35. The first-order valence-corrected chi connectivity index (χ1v) is 14.2. The molecule has 188 valence electrons. The van der Waals surface area contributed by atoms with E-state index in [2.05, 4.69) is 39.4 Å². The predicted octanol–water partition coefficient (Wildman–Crippen LogP) is 5.21. The van der Waals surface area contributed by atoms with Crippen molar-refractivity contribution >= 4 is 33.7 Å². The van der Waals surface area contributed by atoms with E-state index in [-0.39, 0.29) is 6.03 Å². The standard InChI is InChI=1S/C26H34N4O3S2/c1-3-29-14-11-17-19(24(35-21(17)16-29)30-12-7-8-13-30)15-27-26(32)28-23-22(25(31)33-4-2)18-9-5-6-10-20(18)34-23/h7-8,12-13,25,31H,3-6,9-11,14-16H2,1-2H3,(H2,27,28,32). The number of anilines is 1. The van der Waals surface area contributed by atoms with Crippen molar-refractivity contribution < 1.29 is 14.6 Å². The average Bonchev–Trinajstić information content (AvgIpc) is 3.59. The van der Waals surface area contributed by atoms with Gasteiger partial charge in [0.25, 0.3) is 0 Å². The summed E-state index contributed by atoms with van der Waals surface area (Å²) in [6.07, 6.45) is 8.27. The highest BCUT2D eigenvalue weighted by atomic mass is 32.1. The zero-order valence-corrected chi connectivity index (χ0v) is 22.1. The largest absolute Gasteiger partial charge is 0.364 e. The highest BCUT2D eigenvalue weighted by Gasteiger charge is 2.28. The van der Waals surface area contributed by atoms with Gasteiger partial charge in [0.15, 0.2) is 6.29 Å². The smallest absolute Gasteiger partial charge is 0.320 e. The molecule has 1 aliphatic carbocycles. The number of likely N-dealkylation sites (N-methyl/N-ethyl adjacent to an activating group) is 1. The molecule has 4 heterocycles. The van der Waals surface area contributed by atoms with Gasteiger partial charge in [0.05, 0.1) is 0 Å². The number of rotatable bonds is 8. The minimum Gasteiger partial charge on any atom is -0.364 e. The van der Waals surface area contributed by atoms with Gasteiger partial charge in [-0.3, -0.25) is 10.2 Å². The topological polar surface area (TPSA) is 78.8 Å². The quantitative estimate of drug-likeness (QED) is 0.361. The molecule has 0 radical (unpaired) electrons. The van der Waals surface area contributed by atoms with Crippen LogP contribution in [0.2, 0.25) is 0 Å². The van der Waals surface area contributed by atoms with E-state index in [9.17, 15) is 9.90 Å². The maximum atomic E-state index is 13.1. The van der Waals surface area contributed by atoms with Gasteiger partial charge in [0.2, 0.25) is 0 Å². The second kappa shape index (κ2) is 10.8. The summed E-state index contributed by atoms with van der Waals surface area (Å²) in [5.41, 5.74) is 4.47. The van der Waals surface area contributed by atoms with E-state index in [0.29, 0.717) is 18.2 Å². The Kier molecular flexibility index (Phi) is 7.59. The molecule has 1 unspecified atom stereocenters. The zero-order valence-electron chi connectivity index (χ0n) is 20.4. The van der Waals surface area contributed by atoms with Crippen LogP contribution in [0.1, 0.15) is 65.0 Å². The number of aliphatic hydroxyl groups is 1. The van der Waals surface area contributed by atoms with Gasteiger partial charge in [-0.1, -0.05) is 6.92 Å². The fourth-order valence-electron chi connectivity index (χ4n) is 5.14. The summed E-state index contributed by atoms with van der Waals surface area (Å²) in [6, 6.07) is 3.81. The Labute approximate surface area is 214 Å². The molecule has 0 aromatic carbocycles. The average molecular weight is 515 g/mol. The minimum absolute atomic E-state index is 0.252. The van der Waals surface area contributed by atoms with Gasteiger partial charge in [0, 0.05) is 59.5 Å². The zero-order chi connectivity index (χ0) is 24.4. The number of hydrogen-bond acceptors (Lipinski definition) is 6. The normalized spacial score (nSPS) is 16.5. The molecule has 2 amide bonds. The van der Waals surface area contributed by atoms with Crippen LogP contribution in [-0.4, -0.2) is 40.3 Å². The Bertz CT molecular complexity index is 1170. The lowest BCUT2D eigenvalue weighted by Crippen LogP contribution is -2.31. The monoisotopic (exact) mass is 514 g/mol. The molecule has 0 saturated heterocycles. The van der Waals surface area contributed by atoms with E-state index in [0.717, 1.165) is 62.9 Å². The maximum Gasteiger partial charge on any atom is 0.320 e. The number of fused-ring (bicyclic) bond motifs is 2. The Morgan fingerprint density at radius 1 is 1.11 bits per heavy atom. The molecule has 9 heteroatoms. The van der Waals surface area contributed by atoms with Crippen molar-refractivity contribution in [3.8, 4) is 5.00 Å². The van der Waals surface area contributed by atoms with Gasteiger partial charge in [-0.05, 0) is 68.8 Å². The van der Waals surface area contributed by atoms with Crippen molar-refractivity contribution in [3.05, 3.63) is 56.5 Å². The number of carbonyl (C=O) groups excluding carboxylic acids is 1. The lowest BCUT2D eigenvalue weighted by atomic mass is 9.95.